The van der Waals surface area contributed by atoms with E-state index in [0.717, 1.165) is 10.0 Å². The first-order chi connectivity index (χ1) is 10.1. The Morgan fingerprint density at radius 3 is 2.43 bits per heavy atom. The Kier molecular flexibility index (Phi) is 5.66. The summed E-state index contributed by atoms with van der Waals surface area (Å²) >= 11 is 6.83. The molecule has 0 amide bonds. The van der Waals surface area contributed by atoms with Gasteiger partial charge in [-0.15, -0.1) is 0 Å². The smallest absolute Gasteiger partial charge is 0.175 e. The molecular formula is C16H13Br2NO2. The lowest BCUT2D eigenvalue weighted by Gasteiger charge is -2.14. The van der Waals surface area contributed by atoms with Crippen LogP contribution in [0.4, 0.5) is 0 Å². The number of nitrogens with zero attached hydrogens (tertiary/aromatic N) is 1. The summed E-state index contributed by atoms with van der Waals surface area (Å²) in [5.74, 6) is 1.18. The van der Waals surface area contributed by atoms with Gasteiger partial charge in [0.05, 0.1) is 22.7 Å². The summed E-state index contributed by atoms with van der Waals surface area (Å²) < 4.78 is 13.1. The van der Waals surface area contributed by atoms with Gasteiger partial charge in [-0.05, 0) is 46.6 Å². The second kappa shape index (κ2) is 7.48. The first kappa shape index (κ1) is 15.9. The molecule has 2 rings (SSSR count). The van der Waals surface area contributed by atoms with Crippen LogP contribution in [-0.2, 0) is 6.61 Å². The predicted octanol–water partition coefficient (Wildman–Crippen LogP) is 5.06. The second-order valence-electron chi connectivity index (χ2n) is 4.25. The van der Waals surface area contributed by atoms with Crippen LogP contribution < -0.4 is 9.47 Å². The molecule has 0 atom stereocenters. The molecule has 0 bridgehead atoms. The fraction of sp³-hybridized carbons (Fsp3) is 0.188. The third kappa shape index (κ3) is 4.23. The Balaban J connectivity index is 2.22. The third-order valence-electron chi connectivity index (χ3n) is 2.73. The summed E-state index contributed by atoms with van der Waals surface area (Å²) in [7, 11) is 0. The van der Waals surface area contributed by atoms with Crippen molar-refractivity contribution in [1.82, 2.24) is 0 Å². The molecule has 3 nitrogen and oxygen atoms in total. The second-order valence-corrected chi connectivity index (χ2v) is 6.02. The average Bonchev–Trinajstić information content (AvgIpc) is 2.48. The van der Waals surface area contributed by atoms with Crippen molar-refractivity contribution < 1.29 is 9.47 Å². The zero-order valence-electron chi connectivity index (χ0n) is 11.4. The first-order valence-corrected chi connectivity index (χ1v) is 7.96. The number of hydrogen-bond donors (Lipinski definition) is 0. The van der Waals surface area contributed by atoms with Gasteiger partial charge in [-0.1, -0.05) is 28.1 Å². The van der Waals surface area contributed by atoms with E-state index in [1.54, 1.807) is 12.1 Å². The molecule has 0 aliphatic rings. The number of rotatable bonds is 5. The lowest BCUT2D eigenvalue weighted by molar-refractivity contribution is 0.267. The Bertz CT molecular complexity index is 663. The van der Waals surface area contributed by atoms with Gasteiger partial charge in [0.25, 0.3) is 0 Å². The molecule has 21 heavy (non-hydrogen) atoms. The minimum absolute atomic E-state index is 0.428. The number of nitriles is 1. The molecule has 2 aromatic rings. The van der Waals surface area contributed by atoms with Gasteiger partial charge in [-0.3, -0.25) is 0 Å². The maximum atomic E-state index is 9.01. The number of hydrogen-bond acceptors (Lipinski definition) is 3. The Morgan fingerprint density at radius 1 is 1.10 bits per heavy atom. The van der Waals surface area contributed by atoms with E-state index in [1.807, 2.05) is 31.2 Å². The van der Waals surface area contributed by atoms with Gasteiger partial charge >= 0.3 is 0 Å². The highest BCUT2D eigenvalue weighted by Crippen LogP contribution is 2.37. The van der Waals surface area contributed by atoms with Crippen molar-refractivity contribution in [3.8, 4) is 17.6 Å². The molecule has 0 radical (unpaired) electrons. The molecule has 0 saturated heterocycles. The van der Waals surface area contributed by atoms with E-state index in [2.05, 4.69) is 37.9 Å². The van der Waals surface area contributed by atoms with Gasteiger partial charge < -0.3 is 9.47 Å². The summed E-state index contributed by atoms with van der Waals surface area (Å²) in [6, 6.07) is 13.4. The number of benzene rings is 2. The predicted molar refractivity (Wildman–Crippen MR) is 88.5 cm³/mol. The fourth-order valence-corrected chi connectivity index (χ4v) is 2.59. The Hall–Kier alpha value is -1.51. The molecule has 0 spiro atoms. The Morgan fingerprint density at radius 2 is 1.81 bits per heavy atom. The molecule has 0 aliphatic heterocycles. The van der Waals surface area contributed by atoms with E-state index < -0.39 is 0 Å². The minimum Gasteiger partial charge on any atom is -0.490 e. The summed E-state index contributed by atoms with van der Waals surface area (Å²) in [6.45, 7) is 2.83. The van der Waals surface area contributed by atoms with Crippen molar-refractivity contribution in [3.05, 3.63) is 56.5 Å². The largest absolute Gasteiger partial charge is 0.490 e. The third-order valence-corrected chi connectivity index (χ3v) is 3.85. The van der Waals surface area contributed by atoms with E-state index >= 15 is 0 Å². The van der Waals surface area contributed by atoms with Gasteiger partial charge in [0.15, 0.2) is 11.5 Å². The SMILES string of the molecule is CCOc1cc(C#N)cc(Br)c1OCc1ccc(Br)cc1. The maximum Gasteiger partial charge on any atom is 0.175 e. The zero-order valence-corrected chi connectivity index (χ0v) is 14.6. The van der Waals surface area contributed by atoms with Crippen molar-refractivity contribution in [2.75, 3.05) is 6.61 Å². The van der Waals surface area contributed by atoms with E-state index in [1.165, 1.54) is 0 Å². The highest BCUT2D eigenvalue weighted by atomic mass is 79.9. The summed E-state index contributed by atoms with van der Waals surface area (Å²) in [4.78, 5) is 0. The first-order valence-electron chi connectivity index (χ1n) is 6.37. The van der Waals surface area contributed by atoms with Crippen molar-refractivity contribution in [3.63, 3.8) is 0 Å². The van der Waals surface area contributed by atoms with Gasteiger partial charge in [0.1, 0.15) is 6.61 Å². The summed E-state index contributed by atoms with van der Waals surface area (Å²) in [6.07, 6.45) is 0. The van der Waals surface area contributed by atoms with Crippen LogP contribution in [-0.4, -0.2) is 6.61 Å². The van der Waals surface area contributed by atoms with Crippen LogP contribution >= 0.6 is 31.9 Å². The van der Waals surface area contributed by atoms with Gasteiger partial charge in [0, 0.05) is 10.5 Å². The van der Waals surface area contributed by atoms with E-state index in [0.29, 0.717) is 34.7 Å². The number of halogens is 2. The van der Waals surface area contributed by atoms with E-state index in [-0.39, 0.29) is 0 Å². The minimum atomic E-state index is 0.428. The molecule has 0 aliphatic carbocycles. The van der Waals surface area contributed by atoms with Crippen molar-refractivity contribution >= 4 is 31.9 Å². The topological polar surface area (TPSA) is 42.2 Å². The molecule has 5 heteroatoms. The summed E-state index contributed by atoms with van der Waals surface area (Å²) in [5, 5.41) is 9.01. The molecule has 0 aromatic heterocycles. The molecular weight excluding hydrogens is 398 g/mol. The molecule has 0 fully saturated rings. The van der Waals surface area contributed by atoms with Crippen molar-refractivity contribution in [1.29, 1.82) is 5.26 Å². The summed E-state index contributed by atoms with van der Waals surface area (Å²) in [5.41, 5.74) is 1.58. The van der Waals surface area contributed by atoms with Gasteiger partial charge in [-0.2, -0.15) is 5.26 Å². The lowest BCUT2D eigenvalue weighted by Crippen LogP contribution is -2.01. The average molecular weight is 411 g/mol. The standard InChI is InChI=1S/C16H13Br2NO2/c1-2-20-15-8-12(9-19)7-14(18)16(15)21-10-11-3-5-13(17)6-4-11/h3-8H,2,10H2,1H3. The van der Waals surface area contributed by atoms with Crippen LogP contribution in [0.5, 0.6) is 11.5 Å². The van der Waals surface area contributed by atoms with Gasteiger partial charge in [-0.25, -0.2) is 0 Å². The van der Waals surface area contributed by atoms with E-state index in [9.17, 15) is 0 Å². The van der Waals surface area contributed by atoms with Crippen LogP contribution in [0.15, 0.2) is 45.3 Å². The highest BCUT2D eigenvalue weighted by molar-refractivity contribution is 9.10. The normalized spacial score (nSPS) is 10.0. The molecule has 108 valence electrons. The van der Waals surface area contributed by atoms with Crippen LogP contribution in [0, 0.1) is 11.3 Å². The maximum absolute atomic E-state index is 9.01. The Labute approximate surface area is 140 Å². The monoisotopic (exact) mass is 409 g/mol. The fourth-order valence-electron chi connectivity index (χ4n) is 1.77. The molecule has 0 saturated carbocycles. The van der Waals surface area contributed by atoms with Crippen LogP contribution in [0.25, 0.3) is 0 Å². The highest BCUT2D eigenvalue weighted by Gasteiger charge is 2.12. The van der Waals surface area contributed by atoms with Crippen molar-refractivity contribution in [2.45, 2.75) is 13.5 Å². The molecule has 2 aromatic carbocycles. The lowest BCUT2D eigenvalue weighted by atomic mass is 10.2. The zero-order chi connectivity index (χ0) is 15.2. The van der Waals surface area contributed by atoms with Crippen molar-refractivity contribution in [2.24, 2.45) is 0 Å². The quantitative estimate of drug-likeness (QED) is 0.691. The van der Waals surface area contributed by atoms with Crippen LogP contribution in [0.2, 0.25) is 0 Å². The van der Waals surface area contributed by atoms with Crippen LogP contribution in [0.1, 0.15) is 18.1 Å². The van der Waals surface area contributed by atoms with E-state index in [4.69, 9.17) is 14.7 Å². The van der Waals surface area contributed by atoms with Crippen LogP contribution in [0.3, 0.4) is 0 Å². The molecule has 0 unspecified atom stereocenters. The molecule has 0 heterocycles. The van der Waals surface area contributed by atoms with Gasteiger partial charge in [0.2, 0.25) is 0 Å². The molecule has 0 N–H and O–H groups in total. The number of ether oxygens (including phenoxy) is 2.